The molecule has 0 saturated carbocycles. The molecule has 1 atom stereocenters. The second-order valence-electron chi connectivity index (χ2n) is 6.58. The van der Waals surface area contributed by atoms with E-state index < -0.39 is 6.10 Å². The summed E-state index contributed by atoms with van der Waals surface area (Å²) < 4.78 is 5.18. The summed E-state index contributed by atoms with van der Waals surface area (Å²) in [6.45, 7) is 0.234. The van der Waals surface area contributed by atoms with Gasteiger partial charge in [0.2, 0.25) is 5.91 Å². The Kier molecular flexibility index (Phi) is 6.79. The summed E-state index contributed by atoms with van der Waals surface area (Å²) >= 11 is 1.59. The van der Waals surface area contributed by atoms with Crippen LogP contribution in [0.15, 0.2) is 60.0 Å². The van der Waals surface area contributed by atoms with Crippen molar-refractivity contribution in [1.82, 2.24) is 9.88 Å². The number of aliphatic hydroxyl groups is 1. The molecule has 28 heavy (non-hydrogen) atoms. The van der Waals surface area contributed by atoms with Crippen LogP contribution in [0.1, 0.15) is 23.8 Å². The Hall–Kier alpha value is -2.70. The molecule has 1 heterocycles. The average Bonchev–Trinajstić information content (AvgIpc) is 3.21. The largest absolute Gasteiger partial charge is 0.497 e. The molecule has 0 aliphatic heterocycles. The Bertz CT molecular complexity index is 911. The predicted molar refractivity (Wildman–Crippen MR) is 111 cm³/mol. The highest BCUT2D eigenvalue weighted by atomic mass is 32.1. The van der Waals surface area contributed by atoms with Crippen molar-refractivity contribution < 1.29 is 14.6 Å². The maximum absolute atomic E-state index is 12.4. The zero-order valence-electron chi connectivity index (χ0n) is 16.0. The highest BCUT2D eigenvalue weighted by molar-refractivity contribution is 7.13. The quantitative estimate of drug-likeness (QED) is 0.626. The zero-order chi connectivity index (χ0) is 19.9. The summed E-state index contributed by atoms with van der Waals surface area (Å²) in [5.41, 5.74) is 2.73. The number of thiazole rings is 1. The van der Waals surface area contributed by atoms with Gasteiger partial charge in [0.1, 0.15) is 10.8 Å². The van der Waals surface area contributed by atoms with Gasteiger partial charge in [-0.2, -0.15) is 0 Å². The Balaban J connectivity index is 1.52. The number of aryl methyl sites for hydroxylation is 1. The van der Waals surface area contributed by atoms with Crippen LogP contribution in [0.3, 0.4) is 0 Å². The summed E-state index contributed by atoms with van der Waals surface area (Å²) in [6.07, 6.45) is 0.189. The van der Waals surface area contributed by atoms with Crippen LogP contribution in [0.25, 0.3) is 10.6 Å². The first-order valence-corrected chi connectivity index (χ1v) is 10.0. The number of nitrogens with zero attached hydrogens (tertiary/aromatic N) is 2. The average molecular weight is 397 g/mol. The first-order valence-electron chi connectivity index (χ1n) is 9.12. The van der Waals surface area contributed by atoms with Crippen LogP contribution < -0.4 is 4.74 Å². The number of likely N-dealkylation sites (N-methyl/N-ethyl adjacent to an activating group) is 1. The maximum atomic E-state index is 12.4. The van der Waals surface area contributed by atoms with Crippen molar-refractivity contribution in [2.45, 2.75) is 18.9 Å². The minimum absolute atomic E-state index is 0.0174. The Morgan fingerprint density at radius 2 is 2.00 bits per heavy atom. The number of hydrogen-bond donors (Lipinski definition) is 1. The van der Waals surface area contributed by atoms with E-state index in [0.29, 0.717) is 18.6 Å². The number of methoxy groups -OCH3 is 1. The van der Waals surface area contributed by atoms with Crippen LogP contribution in [0.4, 0.5) is 0 Å². The van der Waals surface area contributed by atoms with Crippen molar-refractivity contribution in [3.05, 3.63) is 71.2 Å². The standard InChI is InChI=1S/C22H24N2O3S/c1-24(14-20(25)17-9-6-10-19(13-17)27-2)21(26)12-11-18-15-28-22(23-18)16-7-4-3-5-8-16/h3-10,13,15,20,25H,11-12,14H2,1-2H3. The Morgan fingerprint density at radius 1 is 1.21 bits per heavy atom. The number of hydrogen-bond acceptors (Lipinski definition) is 5. The van der Waals surface area contributed by atoms with E-state index >= 15 is 0 Å². The van der Waals surface area contributed by atoms with Crippen LogP contribution in [0, 0.1) is 0 Å². The summed E-state index contributed by atoms with van der Waals surface area (Å²) in [5.74, 6) is 0.666. The number of aromatic nitrogens is 1. The Labute approximate surface area is 169 Å². The minimum atomic E-state index is -0.756. The molecule has 0 bridgehead atoms. The molecule has 0 saturated heterocycles. The van der Waals surface area contributed by atoms with E-state index in [-0.39, 0.29) is 12.5 Å². The third-order valence-corrected chi connectivity index (χ3v) is 5.46. The number of amides is 1. The first kappa shape index (κ1) is 20.0. The second-order valence-corrected chi connectivity index (χ2v) is 7.43. The molecule has 0 spiro atoms. The van der Waals surface area contributed by atoms with E-state index in [1.807, 2.05) is 53.9 Å². The molecule has 3 aromatic rings. The molecule has 1 N–H and O–H groups in total. The molecule has 1 amide bonds. The highest BCUT2D eigenvalue weighted by Crippen LogP contribution is 2.24. The monoisotopic (exact) mass is 396 g/mol. The molecule has 0 aliphatic carbocycles. The summed E-state index contributed by atoms with van der Waals surface area (Å²) in [4.78, 5) is 18.6. The summed E-state index contributed by atoms with van der Waals surface area (Å²) in [6, 6.07) is 17.3. The molecule has 2 aromatic carbocycles. The van der Waals surface area contributed by atoms with E-state index in [1.54, 1.807) is 36.5 Å². The third kappa shape index (κ3) is 5.18. The van der Waals surface area contributed by atoms with Crippen molar-refractivity contribution in [1.29, 1.82) is 0 Å². The number of benzene rings is 2. The van der Waals surface area contributed by atoms with E-state index in [2.05, 4.69) is 4.98 Å². The lowest BCUT2D eigenvalue weighted by Crippen LogP contribution is -2.31. The van der Waals surface area contributed by atoms with E-state index in [4.69, 9.17) is 4.74 Å². The van der Waals surface area contributed by atoms with Gasteiger partial charge in [0.25, 0.3) is 0 Å². The molecule has 146 valence electrons. The summed E-state index contributed by atoms with van der Waals surface area (Å²) in [5, 5.41) is 13.4. The summed E-state index contributed by atoms with van der Waals surface area (Å²) in [7, 11) is 3.30. The lowest BCUT2D eigenvalue weighted by molar-refractivity contribution is -0.131. The van der Waals surface area contributed by atoms with Gasteiger partial charge in [0.15, 0.2) is 0 Å². The molecular weight excluding hydrogens is 372 g/mol. The normalized spacial score (nSPS) is 11.8. The molecule has 0 fully saturated rings. The van der Waals surface area contributed by atoms with Crippen LogP contribution in [-0.2, 0) is 11.2 Å². The molecule has 6 heteroatoms. The van der Waals surface area contributed by atoms with Gasteiger partial charge < -0.3 is 14.7 Å². The molecular formula is C22H24N2O3S. The van der Waals surface area contributed by atoms with Gasteiger partial charge in [0, 0.05) is 24.4 Å². The topological polar surface area (TPSA) is 62.7 Å². The van der Waals surface area contributed by atoms with Gasteiger partial charge in [-0.3, -0.25) is 4.79 Å². The number of carbonyl (C=O) groups is 1. The zero-order valence-corrected chi connectivity index (χ0v) is 16.9. The van der Waals surface area contributed by atoms with Crippen molar-refractivity contribution in [3.8, 4) is 16.3 Å². The Morgan fingerprint density at radius 3 is 2.75 bits per heavy atom. The van der Waals surface area contributed by atoms with Gasteiger partial charge in [-0.15, -0.1) is 11.3 Å². The molecule has 1 unspecified atom stereocenters. The minimum Gasteiger partial charge on any atom is -0.497 e. The van der Waals surface area contributed by atoms with Crippen LogP contribution in [-0.4, -0.2) is 41.6 Å². The lowest BCUT2D eigenvalue weighted by Gasteiger charge is -2.21. The number of rotatable bonds is 8. The number of ether oxygens (including phenoxy) is 1. The SMILES string of the molecule is COc1cccc(C(O)CN(C)C(=O)CCc2csc(-c3ccccc3)n2)c1. The molecule has 5 nitrogen and oxygen atoms in total. The van der Waals surface area contributed by atoms with E-state index in [9.17, 15) is 9.90 Å². The second kappa shape index (κ2) is 9.48. The fourth-order valence-electron chi connectivity index (χ4n) is 2.88. The van der Waals surface area contributed by atoms with Crippen molar-refractivity contribution in [3.63, 3.8) is 0 Å². The molecule has 3 rings (SSSR count). The number of carbonyl (C=O) groups excluding carboxylic acids is 1. The smallest absolute Gasteiger partial charge is 0.222 e. The van der Waals surface area contributed by atoms with Crippen molar-refractivity contribution in [2.24, 2.45) is 0 Å². The number of aliphatic hydroxyl groups excluding tert-OH is 1. The first-order chi connectivity index (χ1) is 13.6. The van der Waals surface area contributed by atoms with Gasteiger partial charge >= 0.3 is 0 Å². The van der Waals surface area contributed by atoms with Gasteiger partial charge in [-0.1, -0.05) is 42.5 Å². The lowest BCUT2D eigenvalue weighted by atomic mass is 10.1. The van der Waals surface area contributed by atoms with Gasteiger partial charge in [0.05, 0.1) is 25.5 Å². The maximum Gasteiger partial charge on any atom is 0.222 e. The third-order valence-electron chi connectivity index (χ3n) is 4.52. The van der Waals surface area contributed by atoms with Gasteiger partial charge in [-0.05, 0) is 24.1 Å². The molecule has 1 aromatic heterocycles. The fraction of sp³-hybridized carbons (Fsp3) is 0.273. The van der Waals surface area contributed by atoms with Crippen LogP contribution >= 0.6 is 11.3 Å². The molecule has 0 aliphatic rings. The van der Waals surface area contributed by atoms with Crippen molar-refractivity contribution >= 4 is 17.2 Å². The fourth-order valence-corrected chi connectivity index (χ4v) is 3.74. The van der Waals surface area contributed by atoms with E-state index in [1.165, 1.54) is 0 Å². The predicted octanol–water partition coefficient (Wildman–Crippen LogP) is 3.94. The van der Waals surface area contributed by atoms with Crippen molar-refractivity contribution in [2.75, 3.05) is 20.7 Å². The van der Waals surface area contributed by atoms with Gasteiger partial charge in [-0.25, -0.2) is 4.98 Å². The highest BCUT2D eigenvalue weighted by Gasteiger charge is 2.16. The molecule has 0 radical (unpaired) electrons. The van der Waals surface area contributed by atoms with Crippen LogP contribution in [0.2, 0.25) is 0 Å². The van der Waals surface area contributed by atoms with Crippen LogP contribution in [0.5, 0.6) is 5.75 Å². The van der Waals surface area contributed by atoms with E-state index in [0.717, 1.165) is 21.8 Å².